The molecule has 2 atom stereocenters. The number of anilines is 1. The van der Waals surface area contributed by atoms with Gasteiger partial charge in [-0.3, -0.25) is 14.5 Å². The maximum atomic E-state index is 13.0. The molecule has 2 aromatic heterocycles. The zero-order chi connectivity index (χ0) is 25.8. The molecule has 4 heterocycles. The fraction of sp³-hybridized carbons (Fsp3) is 0.333. The Hall–Kier alpha value is -3.06. The van der Waals surface area contributed by atoms with Crippen molar-refractivity contribution in [2.24, 2.45) is 10.9 Å². The molecule has 1 saturated heterocycles. The Bertz CT molecular complexity index is 1260. The van der Waals surface area contributed by atoms with Crippen LogP contribution in [0.4, 0.5) is 5.13 Å². The number of fused-ring (bicyclic) bond motifs is 1. The Morgan fingerprint density at radius 2 is 2.22 bits per heavy atom. The van der Waals surface area contributed by atoms with Crippen LogP contribution in [0.1, 0.15) is 10.8 Å². The number of hydrogen-bond donors (Lipinski definition) is 4. The molecule has 6 N–H and O–H groups in total. The fourth-order valence-electron chi connectivity index (χ4n) is 3.20. The number of nitrogens with one attached hydrogen (secondary N) is 1. The first kappa shape index (κ1) is 26.0. The molecule has 0 saturated carbocycles. The zero-order valence-corrected chi connectivity index (χ0v) is 21.6. The van der Waals surface area contributed by atoms with Gasteiger partial charge in [-0.25, -0.2) is 4.79 Å². The Balaban J connectivity index is 1.48. The van der Waals surface area contributed by atoms with Gasteiger partial charge < -0.3 is 26.7 Å². The molecule has 0 aliphatic carbocycles. The maximum absolute atomic E-state index is 13.0. The minimum absolute atomic E-state index is 0.0309. The largest absolute Gasteiger partial charge is 0.477 e. The van der Waals surface area contributed by atoms with Crippen LogP contribution in [-0.2, 0) is 25.8 Å². The van der Waals surface area contributed by atoms with Gasteiger partial charge in [0, 0.05) is 29.6 Å². The van der Waals surface area contributed by atoms with Gasteiger partial charge in [0.2, 0.25) is 11.5 Å². The molecule has 2 aliphatic heterocycles. The van der Waals surface area contributed by atoms with Crippen LogP contribution in [0.5, 0.6) is 0 Å². The Morgan fingerprint density at radius 3 is 2.86 bits per heavy atom. The second-order valence-electron chi connectivity index (χ2n) is 7.05. The molecular formula is C18H19N9O5S4. The number of carbonyl (C=O) groups is 3. The summed E-state index contributed by atoms with van der Waals surface area (Å²) >= 11 is 4.87. The lowest BCUT2D eigenvalue weighted by Crippen LogP contribution is -2.71. The number of nitrogens with two attached hydrogens (primary N) is 2. The minimum atomic E-state index is -1.23. The van der Waals surface area contributed by atoms with Crippen molar-refractivity contribution >= 4 is 75.0 Å². The molecule has 4 rings (SSSR count). The van der Waals surface area contributed by atoms with Gasteiger partial charge in [-0.05, 0) is 5.57 Å². The Morgan fingerprint density at radius 1 is 1.42 bits per heavy atom. The molecule has 18 heteroatoms. The molecule has 0 spiro atoms. The van der Waals surface area contributed by atoms with Crippen LogP contribution < -0.4 is 16.8 Å². The molecular weight excluding hydrogens is 551 g/mol. The lowest BCUT2D eigenvalue weighted by Gasteiger charge is -2.49. The number of hydrogen-bond acceptors (Lipinski definition) is 15. The highest BCUT2D eigenvalue weighted by Crippen LogP contribution is 2.41. The van der Waals surface area contributed by atoms with E-state index in [9.17, 15) is 19.5 Å². The summed E-state index contributed by atoms with van der Waals surface area (Å²) in [7, 11) is 0. The number of nitrogen functional groups attached to an aromatic ring is 1. The highest BCUT2D eigenvalue weighted by atomic mass is 32.2. The molecule has 0 bridgehead atoms. The van der Waals surface area contributed by atoms with E-state index in [1.165, 1.54) is 45.8 Å². The van der Waals surface area contributed by atoms with Crippen LogP contribution in [0.15, 0.2) is 33.4 Å². The van der Waals surface area contributed by atoms with Gasteiger partial charge in [0.05, 0.1) is 0 Å². The molecule has 1 unspecified atom stereocenters. The molecule has 2 amide bonds. The number of aromatic nitrogens is 4. The number of β-lactam (4-membered cyclic amide) rings is 1. The number of carboxylic acid groups (broad SMARTS) is 1. The first-order valence-corrected chi connectivity index (χ1v) is 13.7. The van der Waals surface area contributed by atoms with Gasteiger partial charge in [-0.1, -0.05) is 40.9 Å². The minimum Gasteiger partial charge on any atom is -0.477 e. The van der Waals surface area contributed by atoms with Crippen molar-refractivity contribution < 1.29 is 24.3 Å². The summed E-state index contributed by atoms with van der Waals surface area (Å²) < 4.78 is 4.62. The van der Waals surface area contributed by atoms with Gasteiger partial charge in [0.1, 0.15) is 28.7 Å². The molecule has 1 fully saturated rings. The van der Waals surface area contributed by atoms with Crippen molar-refractivity contribution in [3.63, 3.8) is 0 Å². The molecule has 2 aliphatic rings. The van der Waals surface area contributed by atoms with Gasteiger partial charge in [0.15, 0.2) is 9.47 Å². The van der Waals surface area contributed by atoms with Crippen molar-refractivity contribution in [3.8, 4) is 0 Å². The van der Waals surface area contributed by atoms with Gasteiger partial charge in [-0.2, -0.15) is 9.36 Å². The summed E-state index contributed by atoms with van der Waals surface area (Å²) in [6, 6.07) is -0.970. The molecule has 0 aromatic carbocycles. The average Bonchev–Trinajstić information content (AvgIpc) is 3.51. The van der Waals surface area contributed by atoms with E-state index in [0.717, 1.165) is 11.5 Å². The van der Waals surface area contributed by atoms with Crippen molar-refractivity contribution in [2.45, 2.75) is 22.3 Å². The summed E-state index contributed by atoms with van der Waals surface area (Å²) in [5.74, 6) is -1.93. The SMILES string of the molecule is C=CCON=C(C(=O)NC1C(=O)N2C(C(=O)O)=C(CSc3nnc(CN)s3)CS[C@@H]12)c1nsc(N)n1. The van der Waals surface area contributed by atoms with Gasteiger partial charge in [0.25, 0.3) is 11.8 Å². The summed E-state index contributed by atoms with van der Waals surface area (Å²) in [6.07, 6.45) is 1.44. The topological polar surface area (TPSA) is 212 Å². The second kappa shape index (κ2) is 11.3. The third-order valence-corrected chi connectivity index (χ3v) is 8.79. The van der Waals surface area contributed by atoms with Gasteiger partial charge in [-0.15, -0.1) is 22.0 Å². The third kappa shape index (κ3) is 5.36. The summed E-state index contributed by atoms with van der Waals surface area (Å²) in [5.41, 5.74) is 11.4. The summed E-state index contributed by atoms with van der Waals surface area (Å²) in [4.78, 5) is 48.1. The van der Waals surface area contributed by atoms with Crippen LogP contribution in [0.3, 0.4) is 0 Å². The van der Waals surface area contributed by atoms with E-state index >= 15 is 0 Å². The van der Waals surface area contributed by atoms with Crippen LogP contribution in [-0.4, -0.2) is 82.6 Å². The zero-order valence-electron chi connectivity index (χ0n) is 18.3. The lowest BCUT2D eigenvalue weighted by molar-refractivity contribution is -0.150. The number of thioether (sulfide) groups is 2. The number of rotatable bonds is 11. The van der Waals surface area contributed by atoms with E-state index in [-0.39, 0.29) is 35.5 Å². The van der Waals surface area contributed by atoms with Crippen LogP contribution in [0, 0.1) is 0 Å². The summed E-state index contributed by atoms with van der Waals surface area (Å²) in [6.45, 7) is 3.81. The Kier molecular flexibility index (Phi) is 8.19. The number of nitrogens with zero attached hydrogens (tertiary/aromatic N) is 6. The fourth-order valence-corrected chi connectivity index (χ4v) is 6.90. The Labute approximate surface area is 220 Å². The van der Waals surface area contributed by atoms with Crippen molar-refractivity contribution in [2.75, 3.05) is 23.8 Å². The first-order chi connectivity index (χ1) is 17.3. The molecule has 14 nitrogen and oxygen atoms in total. The summed E-state index contributed by atoms with van der Waals surface area (Å²) in [5, 5.41) is 24.4. The highest BCUT2D eigenvalue weighted by molar-refractivity contribution is 8.01. The van der Waals surface area contributed by atoms with Crippen molar-refractivity contribution in [3.05, 3.63) is 34.8 Å². The van der Waals surface area contributed by atoms with E-state index in [1.807, 2.05) is 0 Å². The normalized spacial score (nSPS) is 19.5. The predicted octanol–water partition coefficient (Wildman–Crippen LogP) is -0.132. The van der Waals surface area contributed by atoms with Crippen LogP contribution in [0.25, 0.3) is 0 Å². The quantitative estimate of drug-likeness (QED) is 0.0694. The van der Waals surface area contributed by atoms with E-state index in [2.05, 4.69) is 36.6 Å². The van der Waals surface area contributed by atoms with Crippen LogP contribution in [0.2, 0.25) is 0 Å². The number of aliphatic carboxylic acids is 1. The van der Waals surface area contributed by atoms with E-state index in [1.54, 1.807) is 0 Å². The third-order valence-electron chi connectivity index (χ3n) is 4.75. The second-order valence-corrected chi connectivity index (χ2v) is 11.2. The highest BCUT2D eigenvalue weighted by Gasteiger charge is 2.54. The van der Waals surface area contributed by atoms with E-state index < -0.39 is 29.2 Å². The smallest absolute Gasteiger partial charge is 0.352 e. The lowest BCUT2D eigenvalue weighted by atomic mass is 10.0. The standard InChI is InChI=1S/C18H19N9O5S4/c1-2-3-32-25-9(12-22-17(20)36-26-12)13(28)21-10-14(29)27-11(16(30)31)7(5-33-15(10)27)6-34-18-24-23-8(4-19)35-18/h2,10,15H,1,3-6,19H2,(H,21,28)(H,30,31)(H2,20,22,26)/t10?,15-/m0/s1. The number of carboxylic acids is 1. The molecule has 190 valence electrons. The predicted molar refractivity (Wildman–Crippen MR) is 135 cm³/mol. The molecule has 2 aromatic rings. The van der Waals surface area contributed by atoms with Gasteiger partial charge >= 0.3 is 5.97 Å². The van der Waals surface area contributed by atoms with E-state index in [4.69, 9.17) is 16.3 Å². The van der Waals surface area contributed by atoms with Crippen LogP contribution >= 0.6 is 46.4 Å². The molecule has 0 radical (unpaired) electrons. The number of carbonyl (C=O) groups excluding carboxylic acids is 2. The number of oxime groups is 1. The number of amides is 2. The van der Waals surface area contributed by atoms with Crippen molar-refractivity contribution in [1.82, 2.24) is 29.8 Å². The average molecular weight is 570 g/mol. The molecule has 36 heavy (non-hydrogen) atoms. The monoisotopic (exact) mass is 569 g/mol. The van der Waals surface area contributed by atoms with Crippen molar-refractivity contribution in [1.29, 1.82) is 0 Å². The van der Waals surface area contributed by atoms with E-state index in [0.29, 0.717) is 26.4 Å². The maximum Gasteiger partial charge on any atom is 0.352 e. The first-order valence-electron chi connectivity index (χ1n) is 10.1.